The minimum atomic E-state index is -0.180. The summed E-state index contributed by atoms with van der Waals surface area (Å²) >= 11 is 12.1. The maximum atomic E-state index is 13.2. The molecule has 0 saturated carbocycles. The lowest BCUT2D eigenvalue weighted by Gasteiger charge is -2.12. The van der Waals surface area contributed by atoms with E-state index in [1.165, 1.54) is 0 Å². The van der Waals surface area contributed by atoms with Gasteiger partial charge < -0.3 is 10.1 Å². The molecule has 3 aromatic carbocycles. The number of pyridine rings is 1. The minimum absolute atomic E-state index is 0.180. The first-order valence-electron chi connectivity index (χ1n) is 10.9. The van der Waals surface area contributed by atoms with Crippen LogP contribution in [-0.2, 0) is 6.54 Å². The van der Waals surface area contributed by atoms with Crippen LogP contribution in [0.2, 0.25) is 10.0 Å². The zero-order chi connectivity index (χ0) is 23.2. The number of rotatable bonds is 8. The van der Waals surface area contributed by atoms with Crippen LogP contribution in [-0.4, -0.2) is 17.5 Å². The van der Waals surface area contributed by atoms with Crippen LogP contribution in [0.3, 0.4) is 0 Å². The predicted molar refractivity (Wildman–Crippen MR) is 135 cm³/mol. The SMILES string of the molecule is CCCCOc1ccc(-c2cc(C(=O)NCc3ccc(Cl)c(Cl)c3)c3ccccc3n2)cc1. The predicted octanol–water partition coefficient (Wildman–Crippen LogP) is 7.32. The lowest BCUT2D eigenvalue weighted by atomic mass is 10.0. The van der Waals surface area contributed by atoms with Gasteiger partial charge in [-0.25, -0.2) is 4.98 Å². The number of aromatic nitrogens is 1. The van der Waals surface area contributed by atoms with Gasteiger partial charge in [0.2, 0.25) is 0 Å². The molecule has 1 amide bonds. The van der Waals surface area contributed by atoms with Crippen LogP contribution >= 0.6 is 23.2 Å². The number of unbranched alkanes of at least 4 members (excludes halogenated alkanes) is 1. The molecule has 0 saturated heterocycles. The van der Waals surface area contributed by atoms with Crippen LogP contribution < -0.4 is 10.1 Å². The van der Waals surface area contributed by atoms with Gasteiger partial charge in [-0.3, -0.25) is 4.79 Å². The lowest BCUT2D eigenvalue weighted by molar-refractivity contribution is 0.0952. The van der Waals surface area contributed by atoms with Gasteiger partial charge in [0.05, 0.1) is 33.4 Å². The van der Waals surface area contributed by atoms with Gasteiger partial charge in [0.1, 0.15) is 5.75 Å². The molecule has 4 rings (SSSR count). The van der Waals surface area contributed by atoms with E-state index < -0.39 is 0 Å². The van der Waals surface area contributed by atoms with Crippen LogP contribution in [0.1, 0.15) is 35.7 Å². The topological polar surface area (TPSA) is 51.2 Å². The molecule has 0 atom stereocenters. The quantitative estimate of drug-likeness (QED) is 0.270. The van der Waals surface area contributed by atoms with Crippen molar-refractivity contribution < 1.29 is 9.53 Å². The zero-order valence-electron chi connectivity index (χ0n) is 18.3. The standard InChI is InChI=1S/C27H24Cl2N2O2/c1-2-3-14-33-20-11-9-19(10-12-20)26-16-22(21-6-4-5-7-25(21)31-26)27(32)30-17-18-8-13-23(28)24(29)15-18/h4-13,15-16H,2-3,14,17H2,1H3,(H,30,32). The fraction of sp³-hybridized carbons (Fsp3) is 0.185. The molecular formula is C27H24Cl2N2O2. The average Bonchev–Trinajstić information content (AvgIpc) is 2.84. The zero-order valence-corrected chi connectivity index (χ0v) is 19.8. The highest BCUT2D eigenvalue weighted by molar-refractivity contribution is 6.42. The third kappa shape index (κ3) is 5.65. The van der Waals surface area contributed by atoms with Crippen molar-refractivity contribution in [3.05, 3.63) is 94.0 Å². The van der Waals surface area contributed by atoms with Crippen molar-refractivity contribution in [2.75, 3.05) is 6.61 Å². The molecule has 6 heteroatoms. The molecule has 0 aliphatic rings. The molecule has 0 spiro atoms. The Balaban J connectivity index is 1.60. The number of halogens is 2. The molecule has 0 fully saturated rings. The molecule has 0 aliphatic heterocycles. The number of para-hydroxylation sites is 1. The van der Waals surface area contributed by atoms with E-state index in [9.17, 15) is 4.79 Å². The molecule has 1 N–H and O–H groups in total. The Hall–Kier alpha value is -3.08. The lowest BCUT2D eigenvalue weighted by Crippen LogP contribution is -2.23. The van der Waals surface area contributed by atoms with E-state index >= 15 is 0 Å². The number of benzene rings is 3. The van der Waals surface area contributed by atoms with E-state index in [1.54, 1.807) is 12.1 Å². The Kier molecular flexibility index (Phi) is 7.48. The van der Waals surface area contributed by atoms with Gasteiger partial charge in [0.15, 0.2) is 0 Å². The third-order valence-electron chi connectivity index (χ3n) is 5.31. The van der Waals surface area contributed by atoms with Gasteiger partial charge in [0.25, 0.3) is 5.91 Å². The molecule has 0 unspecified atom stereocenters. The number of amides is 1. The number of hydrogen-bond acceptors (Lipinski definition) is 3. The molecule has 1 aromatic heterocycles. The van der Waals surface area contributed by atoms with Crippen LogP contribution in [0.25, 0.3) is 22.2 Å². The molecule has 0 aliphatic carbocycles. The first-order valence-corrected chi connectivity index (χ1v) is 11.7. The Bertz CT molecular complexity index is 1270. The average molecular weight is 479 g/mol. The highest BCUT2D eigenvalue weighted by atomic mass is 35.5. The minimum Gasteiger partial charge on any atom is -0.494 e. The van der Waals surface area contributed by atoms with Crippen molar-refractivity contribution >= 4 is 40.0 Å². The van der Waals surface area contributed by atoms with E-state index in [0.717, 1.165) is 46.3 Å². The van der Waals surface area contributed by atoms with Crippen LogP contribution in [0.15, 0.2) is 72.8 Å². The summed E-state index contributed by atoms with van der Waals surface area (Å²) in [5.41, 5.74) is 3.85. The van der Waals surface area contributed by atoms with Gasteiger partial charge in [-0.1, -0.05) is 60.8 Å². The molecule has 0 bridgehead atoms. The summed E-state index contributed by atoms with van der Waals surface area (Å²) in [5, 5.41) is 4.73. The second-order valence-corrected chi connectivity index (χ2v) is 8.54. The Labute approximate surface area is 203 Å². The molecule has 1 heterocycles. The second kappa shape index (κ2) is 10.7. The van der Waals surface area contributed by atoms with E-state index in [1.807, 2.05) is 60.7 Å². The molecule has 168 valence electrons. The number of nitrogens with one attached hydrogen (secondary N) is 1. The molecular weight excluding hydrogens is 455 g/mol. The first-order chi connectivity index (χ1) is 16.0. The number of nitrogens with zero attached hydrogens (tertiary/aromatic N) is 1. The van der Waals surface area contributed by atoms with Gasteiger partial charge in [0, 0.05) is 17.5 Å². The summed E-state index contributed by atoms with van der Waals surface area (Å²) in [6.45, 7) is 3.18. The van der Waals surface area contributed by atoms with Crippen molar-refractivity contribution in [3.8, 4) is 17.0 Å². The highest BCUT2D eigenvalue weighted by Crippen LogP contribution is 2.27. The fourth-order valence-corrected chi connectivity index (χ4v) is 3.82. The van der Waals surface area contributed by atoms with Crippen LogP contribution in [0.4, 0.5) is 0 Å². The smallest absolute Gasteiger partial charge is 0.252 e. The number of ether oxygens (including phenoxy) is 1. The van der Waals surface area contributed by atoms with Crippen molar-refractivity contribution in [3.63, 3.8) is 0 Å². The molecule has 4 nitrogen and oxygen atoms in total. The van der Waals surface area contributed by atoms with E-state index in [-0.39, 0.29) is 5.91 Å². The van der Waals surface area contributed by atoms with Crippen molar-refractivity contribution in [1.29, 1.82) is 0 Å². The third-order valence-corrected chi connectivity index (χ3v) is 6.05. The van der Waals surface area contributed by atoms with E-state index in [2.05, 4.69) is 12.2 Å². The summed E-state index contributed by atoms with van der Waals surface area (Å²) in [6, 6.07) is 22.6. The van der Waals surface area contributed by atoms with Gasteiger partial charge in [-0.05, 0) is 60.5 Å². The van der Waals surface area contributed by atoms with E-state index in [4.69, 9.17) is 32.9 Å². The molecule has 0 radical (unpaired) electrons. The summed E-state index contributed by atoms with van der Waals surface area (Å²) in [6.07, 6.45) is 2.11. The van der Waals surface area contributed by atoms with Crippen molar-refractivity contribution in [1.82, 2.24) is 10.3 Å². The summed E-state index contributed by atoms with van der Waals surface area (Å²) in [7, 11) is 0. The summed E-state index contributed by atoms with van der Waals surface area (Å²) in [5.74, 6) is 0.646. The number of carbonyl (C=O) groups is 1. The van der Waals surface area contributed by atoms with Crippen molar-refractivity contribution in [2.45, 2.75) is 26.3 Å². The summed E-state index contributed by atoms with van der Waals surface area (Å²) in [4.78, 5) is 17.9. The number of hydrogen-bond donors (Lipinski definition) is 1. The van der Waals surface area contributed by atoms with Gasteiger partial charge in [-0.2, -0.15) is 0 Å². The number of fused-ring (bicyclic) bond motifs is 1. The Morgan fingerprint density at radius 3 is 2.52 bits per heavy atom. The second-order valence-electron chi connectivity index (χ2n) is 7.73. The Morgan fingerprint density at radius 2 is 1.76 bits per heavy atom. The van der Waals surface area contributed by atoms with Crippen LogP contribution in [0.5, 0.6) is 5.75 Å². The maximum Gasteiger partial charge on any atom is 0.252 e. The Morgan fingerprint density at radius 1 is 0.970 bits per heavy atom. The normalized spacial score (nSPS) is 10.9. The van der Waals surface area contributed by atoms with Gasteiger partial charge in [-0.15, -0.1) is 0 Å². The highest BCUT2D eigenvalue weighted by Gasteiger charge is 2.14. The largest absolute Gasteiger partial charge is 0.494 e. The number of carbonyl (C=O) groups excluding carboxylic acids is 1. The van der Waals surface area contributed by atoms with Gasteiger partial charge >= 0.3 is 0 Å². The summed E-state index contributed by atoms with van der Waals surface area (Å²) < 4.78 is 5.76. The monoisotopic (exact) mass is 478 g/mol. The fourth-order valence-electron chi connectivity index (χ4n) is 3.49. The molecule has 4 aromatic rings. The first kappa shape index (κ1) is 23.1. The maximum absolute atomic E-state index is 13.2. The van der Waals surface area contributed by atoms with Crippen LogP contribution in [0, 0.1) is 0 Å². The molecule has 33 heavy (non-hydrogen) atoms. The van der Waals surface area contributed by atoms with E-state index in [0.29, 0.717) is 28.8 Å². The van der Waals surface area contributed by atoms with Crippen molar-refractivity contribution in [2.24, 2.45) is 0 Å².